The average molecular weight is 413 g/mol. The van der Waals surface area contributed by atoms with Gasteiger partial charge in [0.2, 0.25) is 0 Å². The van der Waals surface area contributed by atoms with Crippen LogP contribution in [0.4, 0.5) is 4.79 Å². The van der Waals surface area contributed by atoms with Crippen molar-refractivity contribution in [3.8, 4) is 11.1 Å². The summed E-state index contributed by atoms with van der Waals surface area (Å²) in [7, 11) is 0. The largest absolute Gasteiger partial charge is 0.480 e. The van der Waals surface area contributed by atoms with Crippen LogP contribution >= 0.6 is 0 Å². The van der Waals surface area contributed by atoms with Crippen LogP contribution in [0.15, 0.2) is 72.8 Å². The van der Waals surface area contributed by atoms with E-state index >= 15 is 0 Å². The van der Waals surface area contributed by atoms with Crippen molar-refractivity contribution in [2.24, 2.45) is 0 Å². The minimum Gasteiger partial charge on any atom is -0.480 e. The molecule has 0 saturated heterocycles. The zero-order valence-corrected chi connectivity index (χ0v) is 17.0. The summed E-state index contributed by atoms with van der Waals surface area (Å²) in [5.41, 5.74) is 6.69. The number of hydrogen-bond acceptors (Lipinski definition) is 3. The molecule has 2 aliphatic rings. The van der Waals surface area contributed by atoms with Gasteiger partial charge in [-0.25, -0.2) is 9.59 Å². The lowest BCUT2D eigenvalue weighted by Crippen LogP contribution is -2.45. The van der Waals surface area contributed by atoms with E-state index in [0.29, 0.717) is 6.42 Å². The van der Waals surface area contributed by atoms with E-state index in [2.05, 4.69) is 29.6 Å². The number of carbonyl (C=O) groups is 2. The fourth-order valence-electron chi connectivity index (χ4n) is 5.04. The molecule has 2 N–H and O–H groups in total. The molecule has 0 unspecified atom stereocenters. The smallest absolute Gasteiger partial charge is 0.407 e. The van der Waals surface area contributed by atoms with Crippen LogP contribution in [0, 0.1) is 0 Å². The van der Waals surface area contributed by atoms with Gasteiger partial charge in [-0.05, 0) is 46.2 Å². The highest BCUT2D eigenvalue weighted by Crippen LogP contribution is 2.44. The Hall–Kier alpha value is -3.60. The van der Waals surface area contributed by atoms with Crippen molar-refractivity contribution in [1.82, 2.24) is 5.32 Å². The molecule has 3 aromatic rings. The van der Waals surface area contributed by atoms with Gasteiger partial charge in [-0.2, -0.15) is 0 Å². The molecular formula is C26H23NO4. The number of rotatable bonds is 5. The second-order valence-electron chi connectivity index (χ2n) is 8.13. The third-order valence-corrected chi connectivity index (χ3v) is 6.46. The molecule has 0 bridgehead atoms. The van der Waals surface area contributed by atoms with Crippen LogP contribution in [0.5, 0.6) is 0 Å². The number of ether oxygens (including phenoxy) is 1. The van der Waals surface area contributed by atoms with Crippen molar-refractivity contribution >= 4 is 12.1 Å². The van der Waals surface area contributed by atoms with Gasteiger partial charge in [-0.15, -0.1) is 0 Å². The van der Waals surface area contributed by atoms with Crippen LogP contribution in [0.25, 0.3) is 11.1 Å². The summed E-state index contributed by atoms with van der Waals surface area (Å²) in [6, 6.07) is 23.0. The van der Waals surface area contributed by atoms with E-state index in [1.54, 1.807) is 0 Å². The normalized spacial score (nSPS) is 17.4. The SMILES string of the molecule is O=C(N[C@H](C(=O)O)[C@@H]1CCc2ccccc21)OCC1c2ccccc2-c2ccccc21. The molecule has 5 nitrogen and oxygen atoms in total. The Morgan fingerprint density at radius 2 is 1.48 bits per heavy atom. The van der Waals surface area contributed by atoms with Crippen LogP contribution < -0.4 is 5.32 Å². The monoisotopic (exact) mass is 413 g/mol. The maximum absolute atomic E-state index is 12.6. The zero-order valence-electron chi connectivity index (χ0n) is 17.0. The first-order valence-corrected chi connectivity index (χ1v) is 10.6. The van der Waals surface area contributed by atoms with E-state index in [1.807, 2.05) is 48.5 Å². The molecule has 5 rings (SSSR count). The Labute approximate surface area is 180 Å². The summed E-state index contributed by atoms with van der Waals surface area (Å²) in [4.78, 5) is 24.6. The summed E-state index contributed by atoms with van der Waals surface area (Å²) >= 11 is 0. The molecule has 1 amide bonds. The van der Waals surface area contributed by atoms with Gasteiger partial charge in [0.25, 0.3) is 0 Å². The van der Waals surface area contributed by atoms with Crippen LogP contribution in [0.1, 0.15) is 40.5 Å². The minimum absolute atomic E-state index is 0.0614. The maximum atomic E-state index is 12.6. The Bertz CT molecular complexity index is 1110. The highest BCUT2D eigenvalue weighted by molar-refractivity contribution is 5.82. The van der Waals surface area contributed by atoms with Gasteiger partial charge in [0, 0.05) is 11.8 Å². The van der Waals surface area contributed by atoms with Crippen molar-refractivity contribution in [2.75, 3.05) is 6.61 Å². The molecule has 0 aromatic heterocycles. The van der Waals surface area contributed by atoms with Crippen molar-refractivity contribution < 1.29 is 19.4 Å². The second-order valence-corrected chi connectivity index (χ2v) is 8.13. The topological polar surface area (TPSA) is 75.6 Å². The summed E-state index contributed by atoms with van der Waals surface area (Å²) < 4.78 is 5.55. The fraction of sp³-hybridized carbons (Fsp3) is 0.231. The lowest BCUT2D eigenvalue weighted by molar-refractivity contribution is -0.140. The number of alkyl carbamates (subject to hydrolysis) is 1. The molecule has 0 spiro atoms. The third kappa shape index (κ3) is 3.46. The van der Waals surface area contributed by atoms with E-state index < -0.39 is 18.1 Å². The first-order chi connectivity index (χ1) is 15.1. The van der Waals surface area contributed by atoms with Gasteiger partial charge < -0.3 is 15.2 Å². The highest BCUT2D eigenvalue weighted by Gasteiger charge is 2.36. The Morgan fingerprint density at radius 3 is 2.13 bits per heavy atom. The number of nitrogens with one attached hydrogen (secondary N) is 1. The molecule has 0 radical (unpaired) electrons. The van der Waals surface area contributed by atoms with Gasteiger partial charge in [0.1, 0.15) is 12.6 Å². The van der Waals surface area contributed by atoms with E-state index in [4.69, 9.17) is 4.74 Å². The molecule has 5 heteroatoms. The average Bonchev–Trinajstić information content (AvgIpc) is 3.35. The summed E-state index contributed by atoms with van der Waals surface area (Å²) in [5.74, 6) is -1.36. The van der Waals surface area contributed by atoms with E-state index in [1.165, 1.54) is 0 Å². The van der Waals surface area contributed by atoms with Crippen molar-refractivity contribution in [2.45, 2.75) is 30.7 Å². The fourth-order valence-corrected chi connectivity index (χ4v) is 5.04. The quantitative estimate of drug-likeness (QED) is 0.635. The number of aliphatic carboxylic acids is 1. The van der Waals surface area contributed by atoms with Crippen LogP contribution in [0.3, 0.4) is 0 Å². The van der Waals surface area contributed by atoms with Gasteiger partial charge >= 0.3 is 12.1 Å². The van der Waals surface area contributed by atoms with Crippen molar-refractivity contribution in [1.29, 1.82) is 0 Å². The first-order valence-electron chi connectivity index (χ1n) is 10.6. The standard InChI is InChI=1S/C26H23NO4/c28-25(29)24(22-14-13-16-7-1-2-8-17(16)22)27-26(30)31-15-23-20-11-5-3-9-18(20)19-10-4-6-12-21(19)23/h1-12,22-24H,13-15H2,(H,27,30)(H,28,29)/t22-,24+/m1/s1. The number of aryl methyl sites for hydroxylation is 1. The number of amides is 1. The van der Waals surface area contributed by atoms with Gasteiger partial charge in [-0.3, -0.25) is 0 Å². The zero-order chi connectivity index (χ0) is 21.4. The van der Waals surface area contributed by atoms with E-state index in [9.17, 15) is 14.7 Å². The second kappa shape index (κ2) is 7.91. The van der Waals surface area contributed by atoms with Gasteiger partial charge in [-0.1, -0.05) is 72.8 Å². The molecule has 2 atom stereocenters. The van der Waals surface area contributed by atoms with Gasteiger partial charge in [0.15, 0.2) is 0 Å². The number of carboxylic acid groups (broad SMARTS) is 1. The number of benzene rings is 3. The highest BCUT2D eigenvalue weighted by atomic mass is 16.5. The predicted octanol–water partition coefficient (Wildman–Crippen LogP) is 4.71. The third-order valence-electron chi connectivity index (χ3n) is 6.46. The summed E-state index contributed by atoms with van der Waals surface area (Å²) in [6.45, 7) is 0.160. The lowest BCUT2D eigenvalue weighted by atomic mass is 9.93. The Morgan fingerprint density at radius 1 is 0.903 bits per heavy atom. The number of carbonyl (C=O) groups excluding carboxylic acids is 1. The molecule has 0 heterocycles. The molecule has 0 fully saturated rings. The number of fused-ring (bicyclic) bond motifs is 4. The number of carboxylic acids is 1. The maximum Gasteiger partial charge on any atom is 0.407 e. The molecule has 156 valence electrons. The lowest BCUT2D eigenvalue weighted by Gasteiger charge is -2.22. The van der Waals surface area contributed by atoms with Gasteiger partial charge in [0.05, 0.1) is 0 Å². The Kier molecular flexibility index (Phi) is 4.94. The van der Waals surface area contributed by atoms with Crippen LogP contribution in [-0.4, -0.2) is 29.8 Å². The number of hydrogen-bond donors (Lipinski definition) is 2. The van der Waals surface area contributed by atoms with E-state index in [-0.39, 0.29) is 18.4 Å². The minimum atomic E-state index is -1.05. The van der Waals surface area contributed by atoms with Crippen molar-refractivity contribution in [3.63, 3.8) is 0 Å². The van der Waals surface area contributed by atoms with Crippen LogP contribution in [0.2, 0.25) is 0 Å². The first kappa shape index (κ1) is 19.4. The molecule has 2 aliphatic carbocycles. The summed E-state index contributed by atoms with van der Waals surface area (Å²) in [6.07, 6.45) is 0.815. The van der Waals surface area contributed by atoms with Crippen LogP contribution in [-0.2, 0) is 16.0 Å². The van der Waals surface area contributed by atoms with Crippen molar-refractivity contribution in [3.05, 3.63) is 95.1 Å². The molecule has 0 saturated carbocycles. The molecule has 31 heavy (non-hydrogen) atoms. The molecule has 3 aromatic carbocycles. The molecule has 0 aliphatic heterocycles. The molecular weight excluding hydrogens is 390 g/mol. The predicted molar refractivity (Wildman–Crippen MR) is 117 cm³/mol. The Balaban J connectivity index is 1.30. The van der Waals surface area contributed by atoms with E-state index in [0.717, 1.165) is 39.8 Å². The summed E-state index contributed by atoms with van der Waals surface area (Å²) in [5, 5.41) is 12.4.